The third-order valence-corrected chi connectivity index (χ3v) is 5.22. The molecule has 1 aromatic carbocycles. The number of carbonyl (C=O) groups is 3. The van der Waals surface area contributed by atoms with Crippen LogP contribution in [0.15, 0.2) is 12.1 Å². The molecule has 0 bridgehead atoms. The number of likely N-dealkylation sites (tertiary alicyclic amines) is 1. The normalized spacial score (nSPS) is 20.3. The number of piperidine rings is 1. The van der Waals surface area contributed by atoms with Crippen molar-refractivity contribution in [2.45, 2.75) is 58.2 Å². The predicted molar refractivity (Wildman–Crippen MR) is 100 cm³/mol. The standard InChI is InChI=1S/C20H26FN3O4/c1-11-14-9-12(21)10-15(17(22)25)16(14)18(26)24(11)13-5-7-23(8-6-13)19(27)28-20(2,3)4/h9-11,13H,5-8H2,1-4H3,(H2,22,25). The molecule has 1 aromatic rings. The van der Waals surface area contributed by atoms with Crippen molar-refractivity contribution in [1.82, 2.24) is 9.80 Å². The van der Waals surface area contributed by atoms with Gasteiger partial charge in [0.25, 0.3) is 5.91 Å². The second-order valence-corrected chi connectivity index (χ2v) is 8.37. The second-order valence-electron chi connectivity index (χ2n) is 8.37. The summed E-state index contributed by atoms with van der Waals surface area (Å²) in [5.41, 5.74) is 5.38. The van der Waals surface area contributed by atoms with Crippen LogP contribution in [0, 0.1) is 5.82 Å². The summed E-state index contributed by atoms with van der Waals surface area (Å²) >= 11 is 0. The molecule has 152 valence electrons. The van der Waals surface area contributed by atoms with Gasteiger partial charge in [0.05, 0.1) is 17.2 Å². The van der Waals surface area contributed by atoms with E-state index in [2.05, 4.69) is 0 Å². The lowest BCUT2D eigenvalue weighted by Gasteiger charge is -2.39. The zero-order valence-electron chi connectivity index (χ0n) is 16.6. The predicted octanol–water partition coefficient (Wildman–Crippen LogP) is 2.84. The van der Waals surface area contributed by atoms with Crippen molar-refractivity contribution in [1.29, 1.82) is 0 Å². The summed E-state index contributed by atoms with van der Waals surface area (Å²) in [6, 6.07) is 1.83. The Morgan fingerprint density at radius 2 is 1.82 bits per heavy atom. The average Bonchev–Trinajstić information content (AvgIpc) is 2.83. The molecular weight excluding hydrogens is 365 g/mol. The fourth-order valence-corrected chi connectivity index (χ4v) is 3.98. The molecule has 7 nitrogen and oxygen atoms in total. The Morgan fingerprint density at radius 3 is 2.36 bits per heavy atom. The fraction of sp³-hybridized carbons (Fsp3) is 0.550. The molecule has 3 amide bonds. The van der Waals surface area contributed by atoms with E-state index < -0.39 is 17.3 Å². The number of rotatable bonds is 2. The van der Waals surface area contributed by atoms with Gasteiger partial charge in [0.1, 0.15) is 11.4 Å². The number of carbonyl (C=O) groups excluding carboxylic acids is 3. The fourth-order valence-electron chi connectivity index (χ4n) is 3.98. The number of halogens is 1. The Morgan fingerprint density at radius 1 is 1.21 bits per heavy atom. The van der Waals surface area contributed by atoms with Crippen LogP contribution in [0.4, 0.5) is 9.18 Å². The molecular formula is C20H26FN3O4. The zero-order chi connectivity index (χ0) is 20.8. The summed E-state index contributed by atoms with van der Waals surface area (Å²) in [5, 5.41) is 0. The molecule has 1 fully saturated rings. The summed E-state index contributed by atoms with van der Waals surface area (Å²) in [5.74, 6) is -1.72. The Bertz CT molecular complexity index is 825. The molecule has 0 spiro atoms. The van der Waals surface area contributed by atoms with E-state index in [1.165, 1.54) is 6.07 Å². The number of hydrogen-bond acceptors (Lipinski definition) is 4. The summed E-state index contributed by atoms with van der Waals surface area (Å²) in [6.07, 6.45) is 0.795. The highest BCUT2D eigenvalue weighted by Gasteiger charge is 2.42. The minimum absolute atomic E-state index is 0.0828. The first-order valence-electron chi connectivity index (χ1n) is 9.43. The van der Waals surface area contributed by atoms with E-state index in [4.69, 9.17) is 10.5 Å². The van der Waals surface area contributed by atoms with E-state index in [0.29, 0.717) is 31.5 Å². The number of benzene rings is 1. The molecule has 2 heterocycles. The Kier molecular flexibility index (Phi) is 5.08. The van der Waals surface area contributed by atoms with Crippen molar-refractivity contribution in [3.05, 3.63) is 34.6 Å². The first kappa shape index (κ1) is 20.1. The Hall–Kier alpha value is -2.64. The van der Waals surface area contributed by atoms with E-state index in [1.807, 2.05) is 27.7 Å². The molecule has 0 radical (unpaired) electrons. The number of nitrogens with two attached hydrogens (primary N) is 1. The molecule has 0 aliphatic carbocycles. The third-order valence-electron chi connectivity index (χ3n) is 5.22. The van der Waals surface area contributed by atoms with Crippen LogP contribution in [-0.2, 0) is 4.74 Å². The van der Waals surface area contributed by atoms with Gasteiger partial charge in [-0.25, -0.2) is 9.18 Å². The number of primary amides is 1. The van der Waals surface area contributed by atoms with Crippen LogP contribution in [-0.4, -0.2) is 52.4 Å². The van der Waals surface area contributed by atoms with Gasteiger partial charge >= 0.3 is 6.09 Å². The molecule has 28 heavy (non-hydrogen) atoms. The average molecular weight is 391 g/mol. The molecule has 2 aliphatic heterocycles. The van der Waals surface area contributed by atoms with Crippen molar-refractivity contribution in [2.24, 2.45) is 5.73 Å². The number of amides is 3. The van der Waals surface area contributed by atoms with Crippen LogP contribution < -0.4 is 5.73 Å². The first-order valence-corrected chi connectivity index (χ1v) is 9.43. The Balaban J connectivity index is 1.76. The maximum atomic E-state index is 13.9. The van der Waals surface area contributed by atoms with Crippen molar-refractivity contribution in [2.75, 3.05) is 13.1 Å². The quantitative estimate of drug-likeness (QED) is 0.839. The van der Waals surface area contributed by atoms with Gasteiger partial charge in [0, 0.05) is 19.1 Å². The summed E-state index contributed by atoms with van der Waals surface area (Å²) in [6.45, 7) is 8.18. The molecule has 1 unspecified atom stereocenters. The highest BCUT2D eigenvalue weighted by atomic mass is 19.1. The number of ether oxygens (including phenoxy) is 1. The van der Waals surface area contributed by atoms with Gasteiger partial charge in [-0.3, -0.25) is 9.59 Å². The molecule has 2 N–H and O–H groups in total. The van der Waals surface area contributed by atoms with Gasteiger partial charge < -0.3 is 20.3 Å². The highest BCUT2D eigenvalue weighted by molar-refractivity contribution is 6.09. The van der Waals surface area contributed by atoms with Crippen LogP contribution in [0.5, 0.6) is 0 Å². The van der Waals surface area contributed by atoms with E-state index in [9.17, 15) is 18.8 Å². The number of hydrogen-bond donors (Lipinski definition) is 1. The molecule has 0 aromatic heterocycles. The molecule has 1 atom stereocenters. The van der Waals surface area contributed by atoms with Gasteiger partial charge in [-0.1, -0.05) is 0 Å². The molecule has 0 saturated carbocycles. The summed E-state index contributed by atoms with van der Waals surface area (Å²) < 4.78 is 19.3. The van der Waals surface area contributed by atoms with Crippen molar-refractivity contribution >= 4 is 17.9 Å². The zero-order valence-corrected chi connectivity index (χ0v) is 16.6. The van der Waals surface area contributed by atoms with Crippen LogP contribution in [0.25, 0.3) is 0 Å². The lowest BCUT2D eigenvalue weighted by atomic mass is 9.99. The maximum absolute atomic E-state index is 13.9. The summed E-state index contributed by atoms with van der Waals surface area (Å²) in [4.78, 5) is 40.3. The molecule has 8 heteroatoms. The minimum atomic E-state index is -0.821. The summed E-state index contributed by atoms with van der Waals surface area (Å²) in [7, 11) is 0. The number of nitrogens with zero attached hydrogens (tertiary/aromatic N) is 2. The van der Waals surface area contributed by atoms with Crippen molar-refractivity contribution < 1.29 is 23.5 Å². The smallest absolute Gasteiger partial charge is 0.410 e. The maximum Gasteiger partial charge on any atom is 0.410 e. The van der Waals surface area contributed by atoms with Crippen LogP contribution in [0.3, 0.4) is 0 Å². The van der Waals surface area contributed by atoms with Crippen LogP contribution in [0.2, 0.25) is 0 Å². The van der Waals surface area contributed by atoms with Crippen LogP contribution in [0.1, 0.15) is 72.9 Å². The first-order chi connectivity index (χ1) is 13.0. The van der Waals surface area contributed by atoms with E-state index in [1.54, 1.807) is 9.80 Å². The van der Waals surface area contributed by atoms with Gasteiger partial charge in [0.15, 0.2) is 0 Å². The van der Waals surface area contributed by atoms with Crippen molar-refractivity contribution in [3.63, 3.8) is 0 Å². The lowest BCUT2D eigenvalue weighted by molar-refractivity contribution is 0.0132. The second kappa shape index (κ2) is 7.07. The topological polar surface area (TPSA) is 92.9 Å². The van der Waals surface area contributed by atoms with Gasteiger partial charge in [0.2, 0.25) is 5.91 Å². The van der Waals surface area contributed by atoms with Gasteiger partial charge in [-0.15, -0.1) is 0 Å². The minimum Gasteiger partial charge on any atom is -0.444 e. The Labute approximate surface area is 163 Å². The highest BCUT2D eigenvalue weighted by Crippen LogP contribution is 2.39. The van der Waals surface area contributed by atoms with Gasteiger partial charge in [-0.2, -0.15) is 0 Å². The van der Waals surface area contributed by atoms with Crippen molar-refractivity contribution in [3.8, 4) is 0 Å². The van der Waals surface area contributed by atoms with E-state index >= 15 is 0 Å². The number of fused-ring (bicyclic) bond motifs is 1. The molecule has 2 aliphatic rings. The van der Waals surface area contributed by atoms with E-state index in [0.717, 1.165) is 6.07 Å². The third kappa shape index (κ3) is 3.68. The monoisotopic (exact) mass is 391 g/mol. The molecule has 3 rings (SSSR count). The lowest BCUT2D eigenvalue weighted by Crippen LogP contribution is -2.48. The van der Waals surface area contributed by atoms with E-state index in [-0.39, 0.29) is 35.2 Å². The van der Waals surface area contributed by atoms with Gasteiger partial charge in [-0.05, 0) is 58.2 Å². The SMILES string of the molecule is CC1c2cc(F)cc(C(N)=O)c2C(=O)N1C1CCN(C(=O)OC(C)(C)C)CC1. The largest absolute Gasteiger partial charge is 0.444 e. The van der Waals surface area contributed by atoms with Crippen LogP contribution >= 0.6 is 0 Å². The molecule has 1 saturated heterocycles.